The number of nitrogens with one attached hydrogen (secondary N) is 1. The highest BCUT2D eigenvalue weighted by Crippen LogP contribution is 2.19. The van der Waals surface area contributed by atoms with Crippen LogP contribution in [0.2, 0.25) is 0 Å². The summed E-state index contributed by atoms with van der Waals surface area (Å²) in [5.74, 6) is 0.320. The fraction of sp³-hybridized carbons (Fsp3) is 0.304. The normalized spacial score (nSPS) is 10.8. The molecular formula is C23H27FN4O3. The van der Waals surface area contributed by atoms with E-state index in [0.717, 1.165) is 18.4 Å². The van der Waals surface area contributed by atoms with Crippen molar-refractivity contribution in [3.63, 3.8) is 0 Å². The molecule has 31 heavy (non-hydrogen) atoms. The number of aromatic nitrogens is 2. The predicted octanol–water partition coefficient (Wildman–Crippen LogP) is 2.99. The summed E-state index contributed by atoms with van der Waals surface area (Å²) in [7, 11) is 0. The molecular weight excluding hydrogens is 399 g/mol. The Kier molecular flexibility index (Phi) is 7.48. The van der Waals surface area contributed by atoms with E-state index in [1.54, 1.807) is 12.1 Å². The van der Waals surface area contributed by atoms with Crippen molar-refractivity contribution in [2.45, 2.75) is 26.3 Å². The summed E-state index contributed by atoms with van der Waals surface area (Å²) in [6, 6.07) is 15.2. The Balaban J connectivity index is 1.85. The molecule has 0 amide bonds. The molecule has 0 saturated heterocycles. The van der Waals surface area contributed by atoms with Gasteiger partial charge in [0.05, 0.1) is 13.1 Å². The first-order valence-corrected chi connectivity index (χ1v) is 10.3. The highest BCUT2D eigenvalue weighted by molar-refractivity contribution is 5.62. The first-order chi connectivity index (χ1) is 15.0. The fourth-order valence-electron chi connectivity index (χ4n) is 3.29. The van der Waals surface area contributed by atoms with Gasteiger partial charge in [-0.2, -0.15) is 0 Å². The van der Waals surface area contributed by atoms with Gasteiger partial charge in [0.2, 0.25) is 0 Å². The third kappa shape index (κ3) is 5.75. The zero-order chi connectivity index (χ0) is 22.2. The van der Waals surface area contributed by atoms with Crippen LogP contribution in [0.25, 0.3) is 0 Å². The molecule has 0 aliphatic rings. The zero-order valence-electron chi connectivity index (χ0n) is 17.5. The number of halogens is 1. The number of nitrogens with two attached hydrogens (primary N) is 1. The van der Waals surface area contributed by atoms with E-state index in [2.05, 4.69) is 11.9 Å². The van der Waals surface area contributed by atoms with Crippen LogP contribution in [0.5, 0.6) is 5.75 Å². The lowest BCUT2D eigenvalue weighted by atomic mass is 10.2. The summed E-state index contributed by atoms with van der Waals surface area (Å²) < 4.78 is 20.1. The minimum atomic E-state index is -0.548. The molecule has 0 bridgehead atoms. The number of H-pyrrole nitrogens is 1. The van der Waals surface area contributed by atoms with E-state index in [-0.39, 0.29) is 30.5 Å². The smallest absolute Gasteiger partial charge is 0.330 e. The summed E-state index contributed by atoms with van der Waals surface area (Å²) >= 11 is 0. The molecule has 1 aromatic heterocycles. The van der Waals surface area contributed by atoms with Crippen LogP contribution in [0.3, 0.4) is 0 Å². The SMILES string of the molecule is CCCCN(CCOc1ccc(F)cc1)c1c(N)n(Cc2ccccc2)c(=O)[nH]c1=O. The molecule has 3 rings (SSSR count). The fourth-order valence-corrected chi connectivity index (χ4v) is 3.29. The van der Waals surface area contributed by atoms with Gasteiger partial charge >= 0.3 is 5.69 Å². The van der Waals surface area contributed by atoms with Gasteiger partial charge < -0.3 is 15.4 Å². The number of ether oxygens (including phenoxy) is 1. The quantitative estimate of drug-likeness (QED) is 0.520. The number of nitrogen functional groups attached to an aromatic ring is 1. The van der Waals surface area contributed by atoms with Gasteiger partial charge in [-0.15, -0.1) is 0 Å². The molecule has 3 N–H and O–H groups in total. The second-order valence-corrected chi connectivity index (χ2v) is 7.21. The van der Waals surface area contributed by atoms with E-state index in [1.807, 2.05) is 35.2 Å². The maximum Gasteiger partial charge on any atom is 0.330 e. The average Bonchev–Trinajstić information content (AvgIpc) is 2.76. The Hall–Kier alpha value is -3.55. The van der Waals surface area contributed by atoms with Crippen molar-refractivity contribution >= 4 is 11.5 Å². The van der Waals surface area contributed by atoms with Gasteiger partial charge in [-0.05, 0) is 36.2 Å². The second kappa shape index (κ2) is 10.5. The Morgan fingerprint density at radius 3 is 2.45 bits per heavy atom. The van der Waals surface area contributed by atoms with Crippen molar-refractivity contribution in [1.82, 2.24) is 9.55 Å². The number of nitrogens with zero attached hydrogens (tertiary/aromatic N) is 2. The largest absolute Gasteiger partial charge is 0.492 e. The highest BCUT2D eigenvalue weighted by Gasteiger charge is 2.19. The van der Waals surface area contributed by atoms with E-state index in [0.29, 0.717) is 18.8 Å². The van der Waals surface area contributed by atoms with Crippen LogP contribution in [0, 0.1) is 5.82 Å². The summed E-state index contributed by atoms with van der Waals surface area (Å²) in [5, 5.41) is 0. The topological polar surface area (TPSA) is 93.3 Å². The maximum absolute atomic E-state index is 13.1. The first-order valence-electron chi connectivity index (χ1n) is 10.3. The van der Waals surface area contributed by atoms with Gasteiger partial charge in [0.1, 0.15) is 29.7 Å². The molecule has 0 saturated carbocycles. The van der Waals surface area contributed by atoms with Crippen molar-refractivity contribution < 1.29 is 9.13 Å². The van der Waals surface area contributed by atoms with Crippen LogP contribution in [0.4, 0.5) is 15.9 Å². The Bertz CT molecular complexity index is 1090. The van der Waals surface area contributed by atoms with Crippen molar-refractivity contribution in [1.29, 1.82) is 0 Å². The molecule has 2 aromatic carbocycles. The van der Waals surface area contributed by atoms with Gasteiger partial charge in [-0.1, -0.05) is 43.7 Å². The van der Waals surface area contributed by atoms with Gasteiger partial charge in [0, 0.05) is 6.54 Å². The van der Waals surface area contributed by atoms with Gasteiger partial charge in [0.15, 0.2) is 0 Å². The minimum absolute atomic E-state index is 0.121. The lowest BCUT2D eigenvalue weighted by molar-refractivity contribution is 0.322. The molecule has 1 heterocycles. The molecule has 0 radical (unpaired) electrons. The summed E-state index contributed by atoms with van der Waals surface area (Å²) in [6.07, 6.45) is 1.77. The van der Waals surface area contributed by atoms with Crippen molar-refractivity contribution in [3.8, 4) is 5.75 Å². The molecule has 0 unspecified atom stereocenters. The molecule has 3 aromatic rings. The molecule has 0 spiro atoms. The summed E-state index contributed by atoms with van der Waals surface area (Å²) in [5.41, 5.74) is 6.41. The molecule has 7 nitrogen and oxygen atoms in total. The van der Waals surface area contributed by atoms with Crippen LogP contribution < -0.4 is 26.6 Å². The van der Waals surface area contributed by atoms with E-state index in [1.165, 1.54) is 16.7 Å². The maximum atomic E-state index is 13.1. The molecule has 0 aliphatic carbocycles. The van der Waals surface area contributed by atoms with E-state index >= 15 is 0 Å². The Morgan fingerprint density at radius 2 is 1.77 bits per heavy atom. The Labute approximate surface area is 179 Å². The molecule has 0 aliphatic heterocycles. The van der Waals surface area contributed by atoms with Crippen LogP contribution >= 0.6 is 0 Å². The number of aromatic amines is 1. The van der Waals surface area contributed by atoms with Crippen molar-refractivity contribution in [3.05, 3.63) is 86.8 Å². The summed E-state index contributed by atoms with van der Waals surface area (Å²) in [6.45, 7) is 3.54. The van der Waals surface area contributed by atoms with Crippen LogP contribution in [-0.4, -0.2) is 29.2 Å². The number of benzene rings is 2. The highest BCUT2D eigenvalue weighted by atomic mass is 19.1. The van der Waals surface area contributed by atoms with Gasteiger partial charge in [-0.25, -0.2) is 9.18 Å². The monoisotopic (exact) mass is 426 g/mol. The number of unbranched alkanes of at least 4 members (excludes halogenated alkanes) is 1. The van der Waals surface area contributed by atoms with Crippen LogP contribution in [-0.2, 0) is 6.54 Å². The van der Waals surface area contributed by atoms with Gasteiger partial charge in [-0.3, -0.25) is 14.3 Å². The lowest BCUT2D eigenvalue weighted by Crippen LogP contribution is -2.40. The summed E-state index contributed by atoms with van der Waals surface area (Å²) in [4.78, 5) is 29.3. The van der Waals surface area contributed by atoms with Crippen LogP contribution in [0.1, 0.15) is 25.3 Å². The van der Waals surface area contributed by atoms with E-state index in [9.17, 15) is 14.0 Å². The van der Waals surface area contributed by atoms with Crippen LogP contribution in [0.15, 0.2) is 64.2 Å². The predicted molar refractivity (Wildman–Crippen MR) is 120 cm³/mol. The third-order valence-electron chi connectivity index (χ3n) is 4.94. The third-order valence-corrected chi connectivity index (χ3v) is 4.94. The number of hydrogen-bond donors (Lipinski definition) is 2. The molecule has 8 heteroatoms. The van der Waals surface area contributed by atoms with E-state index in [4.69, 9.17) is 10.5 Å². The average molecular weight is 426 g/mol. The van der Waals surface area contributed by atoms with Crippen molar-refractivity contribution in [2.75, 3.05) is 30.3 Å². The van der Waals surface area contributed by atoms with Crippen molar-refractivity contribution in [2.24, 2.45) is 0 Å². The first kappa shape index (κ1) is 22.1. The number of rotatable bonds is 10. The molecule has 0 atom stereocenters. The van der Waals surface area contributed by atoms with Gasteiger partial charge in [0.25, 0.3) is 5.56 Å². The lowest BCUT2D eigenvalue weighted by Gasteiger charge is -2.26. The number of hydrogen-bond acceptors (Lipinski definition) is 5. The standard InChI is InChI=1S/C23H27FN4O3/c1-2-3-13-27(14-15-31-19-11-9-18(24)10-12-19)20-21(25)28(23(30)26-22(20)29)16-17-7-5-4-6-8-17/h4-12H,2-3,13-16,25H2,1H3,(H,26,29,30). The Morgan fingerprint density at radius 1 is 1.06 bits per heavy atom. The molecule has 164 valence electrons. The molecule has 0 fully saturated rings. The number of anilines is 2. The minimum Gasteiger partial charge on any atom is -0.492 e. The second-order valence-electron chi connectivity index (χ2n) is 7.21. The van der Waals surface area contributed by atoms with E-state index < -0.39 is 11.2 Å². The zero-order valence-corrected chi connectivity index (χ0v) is 17.5.